The first-order chi connectivity index (χ1) is 9.74. The number of hydrogen-bond acceptors (Lipinski definition) is 4. The molecule has 1 aliphatic heterocycles. The van der Waals surface area contributed by atoms with Crippen molar-refractivity contribution >= 4 is 10.8 Å². The fourth-order valence-corrected chi connectivity index (χ4v) is 3.68. The summed E-state index contributed by atoms with van der Waals surface area (Å²) < 4.78 is 22.8. The summed E-state index contributed by atoms with van der Waals surface area (Å²) >= 11 is 0. The minimum Gasteiger partial charge on any atom is -0.454 e. The molecule has 5 heteroatoms. The number of ether oxygens (including phenoxy) is 2. The van der Waals surface area contributed by atoms with E-state index in [9.17, 15) is 4.21 Å². The summed E-state index contributed by atoms with van der Waals surface area (Å²) in [5, 5.41) is 3.24. The Labute approximate surface area is 123 Å². The first-order valence-corrected chi connectivity index (χ1v) is 8.65. The third-order valence-corrected chi connectivity index (χ3v) is 4.92. The van der Waals surface area contributed by atoms with E-state index in [1.807, 2.05) is 25.2 Å². The fraction of sp³-hybridized carbons (Fsp3) is 0.600. The highest BCUT2D eigenvalue weighted by molar-refractivity contribution is 7.85. The summed E-state index contributed by atoms with van der Waals surface area (Å²) in [5.74, 6) is 2.99. The van der Waals surface area contributed by atoms with E-state index in [4.69, 9.17) is 9.47 Å². The summed E-state index contributed by atoms with van der Waals surface area (Å²) in [6.45, 7) is 2.44. The average Bonchev–Trinajstić information content (AvgIpc) is 2.92. The van der Waals surface area contributed by atoms with Gasteiger partial charge in [-0.2, -0.15) is 0 Å². The van der Waals surface area contributed by atoms with Crippen LogP contribution in [0.15, 0.2) is 18.2 Å². The van der Waals surface area contributed by atoms with Gasteiger partial charge in [-0.05, 0) is 31.2 Å². The lowest BCUT2D eigenvalue weighted by molar-refractivity contribution is 0.174. The van der Waals surface area contributed by atoms with Crippen LogP contribution in [0.5, 0.6) is 11.5 Å². The van der Waals surface area contributed by atoms with E-state index in [-0.39, 0.29) is 12.8 Å². The van der Waals surface area contributed by atoms with Gasteiger partial charge < -0.3 is 14.8 Å². The molecule has 20 heavy (non-hydrogen) atoms. The van der Waals surface area contributed by atoms with E-state index in [2.05, 4.69) is 12.2 Å². The van der Waals surface area contributed by atoms with Crippen LogP contribution in [-0.4, -0.2) is 29.6 Å². The lowest BCUT2D eigenvalue weighted by Gasteiger charge is -2.16. The molecule has 1 heterocycles. The summed E-state index contributed by atoms with van der Waals surface area (Å²) in [6.07, 6.45) is 3.36. The van der Waals surface area contributed by atoms with Crippen LogP contribution in [0.2, 0.25) is 0 Å². The average molecular weight is 297 g/mol. The van der Waals surface area contributed by atoms with Crippen LogP contribution in [0, 0.1) is 0 Å². The van der Waals surface area contributed by atoms with Gasteiger partial charge in [-0.3, -0.25) is 4.21 Å². The van der Waals surface area contributed by atoms with E-state index < -0.39 is 10.8 Å². The smallest absolute Gasteiger partial charge is 0.231 e. The van der Waals surface area contributed by atoms with E-state index in [0.29, 0.717) is 5.75 Å². The number of fused-ring (bicyclic) bond motifs is 1. The maximum Gasteiger partial charge on any atom is 0.231 e. The van der Waals surface area contributed by atoms with Gasteiger partial charge >= 0.3 is 0 Å². The molecule has 2 rings (SSSR count). The second-order valence-electron chi connectivity index (χ2n) is 4.97. The number of hydrogen-bond donors (Lipinski definition) is 1. The van der Waals surface area contributed by atoms with Gasteiger partial charge in [-0.15, -0.1) is 0 Å². The van der Waals surface area contributed by atoms with Crippen LogP contribution in [0.1, 0.15) is 37.8 Å². The molecule has 2 atom stereocenters. The van der Waals surface area contributed by atoms with E-state index in [0.717, 1.165) is 42.1 Å². The van der Waals surface area contributed by atoms with E-state index in [1.165, 1.54) is 0 Å². The van der Waals surface area contributed by atoms with Gasteiger partial charge in [0.05, 0.1) is 0 Å². The standard InChI is InChI=1S/C15H23NO3S/c1-3-4-5-8-20(17)10-13(16-2)12-6-7-14-15(9-12)19-11-18-14/h6-7,9,13,16H,3-5,8,10-11H2,1-2H3. The first kappa shape index (κ1) is 15.3. The lowest BCUT2D eigenvalue weighted by atomic mass is 10.1. The van der Waals surface area contributed by atoms with Gasteiger partial charge in [0, 0.05) is 28.3 Å². The molecule has 0 bridgehead atoms. The minimum absolute atomic E-state index is 0.0898. The molecule has 0 fully saturated rings. The van der Waals surface area contributed by atoms with Gasteiger partial charge in [0.25, 0.3) is 0 Å². The molecule has 0 spiro atoms. The molecule has 1 aliphatic rings. The SMILES string of the molecule is CCCCCS(=O)CC(NC)c1ccc2c(c1)OCO2. The van der Waals surface area contributed by atoms with Crippen molar-refractivity contribution in [3.8, 4) is 11.5 Å². The Morgan fingerprint density at radius 1 is 1.30 bits per heavy atom. The van der Waals surface area contributed by atoms with Crippen LogP contribution < -0.4 is 14.8 Å². The largest absolute Gasteiger partial charge is 0.454 e. The van der Waals surface area contributed by atoms with Crippen molar-refractivity contribution in [2.75, 3.05) is 25.3 Å². The van der Waals surface area contributed by atoms with Crippen molar-refractivity contribution in [2.45, 2.75) is 32.2 Å². The molecule has 0 amide bonds. The third kappa shape index (κ3) is 3.96. The predicted molar refractivity (Wildman–Crippen MR) is 81.8 cm³/mol. The highest BCUT2D eigenvalue weighted by Crippen LogP contribution is 2.34. The van der Waals surface area contributed by atoms with Gasteiger partial charge in [0.15, 0.2) is 11.5 Å². The topological polar surface area (TPSA) is 47.6 Å². The minimum atomic E-state index is -0.785. The van der Waals surface area contributed by atoms with E-state index >= 15 is 0 Å². The van der Waals surface area contributed by atoms with Crippen molar-refractivity contribution in [2.24, 2.45) is 0 Å². The van der Waals surface area contributed by atoms with Crippen molar-refractivity contribution < 1.29 is 13.7 Å². The third-order valence-electron chi connectivity index (χ3n) is 3.48. The summed E-state index contributed by atoms with van der Waals surface area (Å²) in [6, 6.07) is 6.00. The molecule has 4 nitrogen and oxygen atoms in total. The Morgan fingerprint density at radius 2 is 2.10 bits per heavy atom. The molecule has 1 aromatic carbocycles. The molecule has 0 aromatic heterocycles. The molecular weight excluding hydrogens is 274 g/mol. The summed E-state index contributed by atoms with van der Waals surface area (Å²) in [4.78, 5) is 0. The van der Waals surface area contributed by atoms with Crippen molar-refractivity contribution in [3.05, 3.63) is 23.8 Å². The highest BCUT2D eigenvalue weighted by Gasteiger charge is 2.18. The zero-order valence-corrected chi connectivity index (χ0v) is 13.0. The molecule has 112 valence electrons. The number of rotatable bonds is 8. The second kappa shape index (κ2) is 7.64. The van der Waals surface area contributed by atoms with Gasteiger partial charge in [-0.1, -0.05) is 25.8 Å². The Kier molecular flexibility index (Phi) is 5.86. The Bertz CT molecular complexity index is 464. The Hall–Kier alpha value is -1.07. The Morgan fingerprint density at radius 3 is 2.85 bits per heavy atom. The Balaban J connectivity index is 1.95. The zero-order valence-electron chi connectivity index (χ0n) is 12.2. The van der Waals surface area contributed by atoms with Gasteiger partial charge in [-0.25, -0.2) is 0 Å². The van der Waals surface area contributed by atoms with Crippen LogP contribution in [0.4, 0.5) is 0 Å². The molecule has 0 radical (unpaired) electrons. The molecule has 2 unspecified atom stereocenters. The molecule has 1 N–H and O–H groups in total. The second-order valence-corrected chi connectivity index (χ2v) is 6.59. The van der Waals surface area contributed by atoms with Crippen LogP contribution in [0.25, 0.3) is 0 Å². The van der Waals surface area contributed by atoms with Gasteiger partial charge in [0.2, 0.25) is 6.79 Å². The monoisotopic (exact) mass is 297 g/mol. The van der Waals surface area contributed by atoms with Gasteiger partial charge in [0.1, 0.15) is 0 Å². The molecule has 1 aromatic rings. The predicted octanol–water partition coefficient (Wildman–Crippen LogP) is 2.61. The molecule has 0 saturated carbocycles. The molecule has 0 saturated heterocycles. The molecule has 0 aliphatic carbocycles. The maximum absolute atomic E-state index is 12.1. The number of nitrogens with one attached hydrogen (secondary N) is 1. The van der Waals surface area contributed by atoms with Crippen LogP contribution >= 0.6 is 0 Å². The zero-order chi connectivity index (χ0) is 14.4. The summed E-state index contributed by atoms with van der Waals surface area (Å²) in [5.41, 5.74) is 1.10. The normalized spacial score (nSPS) is 16.1. The number of unbranched alkanes of at least 4 members (excludes halogenated alkanes) is 2. The van der Waals surface area contributed by atoms with Crippen molar-refractivity contribution in [1.29, 1.82) is 0 Å². The highest BCUT2D eigenvalue weighted by atomic mass is 32.2. The van der Waals surface area contributed by atoms with Crippen molar-refractivity contribution in [1.82, 2.24) is 5.32 Å². The first-order valence-electron chi connectivity index (χ1n) is 7.16. The number of benzene rings is 1. The van der Waals surface area contributed by atoms with Crippen molar-refractivity contribution in [3.63, 3.8) is 0 Å². The lowest BCUT2D eigenvalue weighted by Crippen LogP contribution is -2.23. The maximum atomic E-state index is 12.1. The molecular formula is C15H23NO3S. The van der Waals surface area contributed by atoms with E-state index in [1.54, 1.807) is 0 Å². The fourth-order valence-electron chi connectivity index (χ4n) is 2.26. The summed E-state index contributed by atoms with van der Waals surface area (Å²) in [7, 11) is 1.12. The quantitative estimate of drug-likeness (QED) is 0.749. The van der Waals surface area contributed by atoms with Crippen LogP contribution in [0.3, 0.4) is 0 Å². The van der Waals surface area contributed by atoms with Crippen LogP contribution in [-0.2, 0) is 10.8 Å².